The van der Waals surface area contributed by atoms with Crippen LogP contribution in [0.4, 0.5) is 17.2 Å². The number of aromatic nitrogens is 2. The van der Waals surface area contributed by atoms with Crippen molar-refractivity contribution in [1.82, 2.24) is 9.97 Å². The lowest BCUT2D eigenvalue weighted by Gasteiger charge is -2.12. The molecular weight excluding hydrogens is 424 g/mol. The Kier molecular flexibility index (Phi) is 5.23. The highest BCUT2D eigenvalue weighted by molar-refractivity contribution is 9.10. The number of hydrogen-bond acceptors (Lipinski definition) is 4. The molecule has 4 rings (SSSR count). The molecule has 1 aromatic heterocycles. The smallest absolute Gasteiger partial charge is 0.141 e. The van der Waals surface area contributed by atoms with Gasteiger partial charge in [-0.3, -0.25) is 0 Å². The van der Waals surface area contributed by atoms with E-state index in [1.165, 1.54) is 5.56 Å². The topological polar surface area (TPSA) is 49.8 Å². The third-order valence-electron chi connectivity index (χ3n) is 4.16. The van der Waals surface area contributed by atoms with Crippen LogP contribution in [0.25, 0.3) is 10.9 Å². The number of fused-ring (bicyclic) bond motifs is 1. The standard InChI is InChI=1S/C21H16BrClN4/c22-19-7-2-1-4-14(19)12-24-16-8-9-20-18(11-16)21(26-13-25-20)27-17-6-3-5-15(23)10-17/h1-11,13,24H,12H2,(H,25,26,27). The van der Waals surface area contributed by atoms with Gasteiger partial charge in [0.25, 0.3) is 0 Å². The number of rotatable bonds is 5. The van der Waals surface area contributed by atoms with Crippen molar-refractivity contribution in [1.29, 1.82) is 0 Å². The Morgan fingerprint density at radius 2 is 1.78 bits per heavy atom. The largest absolute Gasteiger partial charge is 0.381 e. The van der Waals surface area contributed by atoms with Gasteiger partial charge in [-0.2, -0.15) is 0 Å². The van der Waals surface area contributed by atoms with E-state index < -0.39 is 0 Å². The molecule has 0 unspecified atom stereocenters. The highest BCUT2D eigenvalue weighted by Crippen LogP contribution is 2.27. The van der Waals surface area contributed by atoms with E-state index in [4.69, 9.17) is 11.6 Å². The number of hydrogen-bond donors (Lipinski definition) is 2. The van der Waals surface area contributed by atoms with E-state index in [2.05, 4.69) is 48.7 Å². The van der Waals surface area contributed by atoms with Crippen LogP contribution in [0.2, 0.25) is 5.02 Å². The summed E-state index contributed by atoms with van der Waals surface area (Å²) >= 11 is 9.66. The molecule has 3 aromatic carbocycles. The highest BCUT2D eigenvalue weighted by atomic mass is 79.9. The van der Waals surface area contributed by atoms with Gasteiger partial charge in [0, 0.05) is 32.8 Å². The first kappa shape index (κ1) is 17.8. The molecule has 0 amide bonds. The van der Waals surface area contributed by atoms with Crippen molar-refractivity contribution < 1.29 is 0 Å². The fourth-order valence-electron chi connectivity index (χ4n) is 2.81. The van der Waals surface area contributed by atoms with Gasteiger partial charge in [-0.25, -0.2) is 9.97 Å². The molecule has 0 aliphatic heterocycles. The maximum atomic E-state index is 6.08. The van der Waals surface area contributed by atoms with Crippen LogP contribution >= 0.6 is 27.5 Å². The van der Waals surface area contributed by atoms with Crippen LogP contribution in [-0.4, -0.2) is 9.97 Å². The lowest BCUT2D eigenvalue weighted by Crippen LogP contribution is -2.01. The van der Waals surface area contributed by atoms with E-state index in [9.17, 15) is 0 Å². The minimum Gasteiger partial charge on any atom is -0.381 e. The van der Waals surface area contributed by atoms with E-state index in [1.807, 2.05) is 54.6 Å². The Morgan fingerprint density at radius 1 is 0.889 bits per heavy atom. The second kappa shape index (κ2) is 7.94. The predicted octanol–water partition coefficient (Wildman–Crippen LogP) is 6.40. The minimum atomic E-state index is 0.675. The first-order valence-corrected chi connectivity index (χ1v) is 9.61. The monoisotopic (exact) mass is 438 g/mol. The van der Waals surface area contributed by atoms with E-state index in [0.717, 1.165) is 39.1 Å². The molecule has 0 saturated carbocycles. The molecule has 0 aliphatic carbocycles. The van der Waals surface area contributed by atoms with Crippen LogP contribution < -0.4 is 10.6 Å². The van der Waals surface area contributed by atoms with Crippen molar-refractivity contribution in [2.45, 2.75) is 6.54 Å². The number of nitrogens with zero attached hydrogens (tertiary/aromatic N) is 2. The van der Waals surface area contributed by atoms with Gasteiger partial charge >= 0.3 is 0 Å². The summed E-state index contributed by atoms with van der Waals surface area (Å²) in [4.78, 5) is 8.77. The summed E-state index contributed by atoms with van der Waals surface area (Å²) in [7, 11) is 0. The third-order valence-corrected chi connectivity index (χ3v) is 5.17. The van der Waals surface area contributed by atoms with Gasteiger partial charge in [-0.1, -0.05) is 51.8 Å². The maximum Gasteiger partial charge on any atom is 0.141 e. The zero-order valence-corrected chi connectivity index (χ0v) is 16.6. The summed E-state index contributed by atoms with van der Waals surface area (Å²) in [6, 6.07) is 21.8. The second-order valence-corrected chi connectivity index (χ2v) is 7.33. The van der Waals surface area contributed by atoms with E-state index in [1.54, 1.807) is 6.33 Å². The molecule has 6 heteroatoms. The molecule has 0 aliphatic rings. The molecule has 0 fully saturated rings. The highest BCUT2D eigenvalue weighted by Gasteiger charge is 2.06. The van der Waals surface area contributed by atoms with Crippen molar-refractivity contribution in [3.05, 3.63) is 88.1 Å². The quantitative estimate of drug-likeness (QED) is 0.378. The fourth-order valence-corrected chi connectivity index (χ4v) is 3.42. The molecular formula is C21H16BrClN4. The van der Waals surface area contributed by atoms with Crippen molar-refractivity contribution in [2.24, 2.45) is 0 Å². The predicted molar refractivity (Wildman–Crippen MR) is 116 cm³/mol. The number of nitrogens with one attached hydrogen (secondary N) is 2. The second-order valence-electron chi connectivity index (χ2n) is 6.03. The van der Waals surface area contributed by atoms with Gasteiger partial charge in [0.15, 0.2) is 0 Å². The average molecular weight is 440 g/mol. The zero-order valence-electron chi connectivity index (χ0n) is 14.3. The first-order valence-electron chi connectivity index (χ1n) is 8.44. The Hall–Kier alpha value is -2.63. The molecule has 4 nitrogen and oxygen atoms in total. The normalized spacial score (nSPS) is 10.7. The van der Waals surface area contributed by atoms with Gasteiger partial charge in [0.05, 0.1) is 5.52 Å². The van der Waals surface area contributed by atoms with Gasteiger partial charge in [-0.05, 0) is 48.0 Å². The van der Waals surface area contributed by atoms with Crippen molar-refractivity contribution in [3.63, 3.8) is 0 Å². The van der Waals surface area contributed by atoms with Gasteiger partial charge in [-0.15, -0.1) is 0 Å². The van der Waals surface area contributed by atoms with Crippen molar-refractivity contribution >= 4 is 55.6 Å². The van der Waals surface area contributed by atoms with Crippen molar-refractivity contribution in [2.75, 3.05) is 10.6 Å². The van der Waals surface area contributed by atoms with E-state index in [0.29, 0.717) is 5.02 Å². The molecule has 0 spiro atoms. The summed E-state index contributed by atoms with van der Waals surface area (Å²) in [5.74, 6) is 0.742. The molecule has 27 heavy (non-hydrogen) atoms. The van der Waals surface area contributed by atoms with Crippen LogP contribution in [0, 0.1) is 0 Å². The Morgan fingerprint density at radius 3 is 2.63 bits per heavy atom. The van der Waals surface area contributed by atoms with Gasteiger partial charge in [0.1, 0.15) is 12.1 Å². The molecule has 4 aromatic rings. The maximum absolute atomic E-state index is 6.08. The molecule has 1 heterocycles. The molecule has 2 N–H and O–H groups in total. The third kappa shape index (κ3) is 4.21. The lowest BCUT2D eigenvalue weighted by atomic mass is 10.2. The Bertz CT molecular complexity index is 1100. The number of benzene rings is 3. The van der Waals surface area contributed by atoms with Crippen LogP contribution in [0.5, 0.6) is 0 Å². The van der Waals surface area contributed by atoms with Crippen LogP contribution in [0.1, 0.15) is 5.56 Å². The van der Waals surface area contributed by atoms with E-state index >= 15 is 0 Å². The van der Waals surface area contributed by atoms with Gasteiger partial charge < -0.3 is 10.6 Å². The minimum absolute atomic E-state index is 0.675. The molecule has 0 atom stereocenters. The molecule has 0 radical (unpaired) electrons. The van der Waals surface area contributed by atoms with E-state index in [-0.39, 0.29) is 0 Å². The number of halogens is 2. The Balaban J connectivity index is 1.62. The lowest BCUT2D eigenvalue weighted by molar-refractivity contribution is 1.14. The fraction of sp³-hybridized carbons (Fsp3) is 0.0476. The van der Waals surface area contributed by atoms with Crippen LogP contribution in [0.15, 0.2) is 77.5 Å². The average Bonchev–Trinajstić information content (AvgIpc) is 2.68. The SMILES string of the molecule is Clc1cccc(Nc2ncnc3ccc(NCc4ccccc4Br)cc23)c1. The Labute approximate surface area is 170 Å². The molecule has 134 valence electrons. The number of anilines is 3. The van der Waals surface area contributed by atoms with Crippen LogP contribution in [0.3, 0.4) is 0 Å². The molecule has 0 saturated heterocycles. The first-order chi connectivity index (χ1) is 13.2. The summed E-state index contributed by atoms with van der Waals surface area (Å²) in [5.41, 5.74) is 3.96. The molecule has 0 bridgehead atoms. The summed E-state index contributed by atoms with van der Waals surface area (Å²) < 4.78 is 1.09. The summed E-state index contributed by atoms with van der Waals surface area (Å²) in [6.45, 7) is 0.720. The van der Waals surface area contributed by atoms with Crippen molar-refractivity contribution in [3.8, 4) is 0 Å². The summed E-state index contributed by atoms with van der Waals surface area (Å²) in [6.07, 6.45) is 1.56. The zero-order chi connectivity index (χ0) is 18.6. The van der Waals surface area contributed by atoms with Crippen LogP contribution in [-0.2, 0) is 6.54 Å². The summed E-state index contributed by atoms with van der Waals surface area (Å²) in [5, 5.41) is 8.40. The van der Waals surface area contributed by atoms with Gasteiger partial charge in [0.2, 0.25) is 0 Å².